The summed E-state index contributed by atoms with van der Waals surface area (Å²) in [5.41, 5.74) is 2.07. The molecular weight excluding hydrogens is 264 g/mol. The van der Waals surface area contributed by atoms with Crippen LogP contribution < -0.4 is 5.32 Å². The van der Waals surface area contributed by atoms with Crippen molar-refractivity contribution in [3.05, 3.63) is 42.5 Å². The molecule has 1 saturated carbocycles. The second kappa shape index (κ2) is 6.08. The maximum atomic E-state index is 12.1. The van der Waals surface area contributed by atoms with Crippen LogP contribution in [0.2, 0.25) is 0 Å². The van der Waals surface area contributed by atoms with Crippen molar-refractivity contribution in [3.63, 3.8) is 0 Å². The lowest BCUT2D eigenvalue weighted by Gasteiger charge is -2.17. The van der Waals surface area contributed by atoms with Gasteiger partial charge in [-0.15, -0.1) is 0 Å². The highest BCUT2D eigenvalue weighted by Crippen LogP contribution is 2.25. The van der Waals surface area contributed by atoms with Gasteiger partial charge in [0.1, 0.15) is 12.7 Å². The molecule has 1 aliphatic carbocycles. The zero-order valence-corrected chi connectivity index (χ0v) is 12.2. The first-order valence-electron chi connectivity index (χ1n) is 7.49. The van der Waals surface area contributed by atoms with Crippen molar-refractivity contribution in [1.82, 2.24) is 20.1 Å². The topological polar surface area (TPSA) is 59.8 Å². The minimum absolute atomic E-state index is 0.0305. The summed E-state index contributed by atoms with van der Waals surface area (Å²) in [4.78, 5) is 16.1. The number of nitrogens with zero attached hydrogens (tertiary/aromatic N) is 3. The second-order valence-corrected chi connectivity index (χ2v) is 5.64. The van der Waals surface area contributed by atoms with Crippen LogP contribution in [-0.2, 0) is 4.79 Å². The molecule has 1 aromatic heterocycles. The predicted molar refractivity (Wildman–Crippen MR) is 79.9 cm³/mol. The number of rotatable bonds is 4. The first-order valence-corrected chi connectivity index (χ1v) is 7.49. The van der Waals surface area contributed by atoms with Crippen molar-refractivity contribution in [2.75, 3.05) is 0 Å². The first-order chi connectivity index (χ1) is 10.2. The van der Waals surface area contributed by atoms with Gasteiger partial charge >= 0.3 is 0 Å². The molecule has 2 aromatic rings. The van der Waals surface area contributed by atoms with Gasteiger partial charge in [0.05, 0.1) is 11.7 Å². The molecule has 5 heteroatoms. The molecular formula is C16H20N4O. The summed E-state index contributed by atoms with van der Waals surface area (Å²) in [6.07, 6.45) is 7.60. The van der Waals surface area contributed by atoms with Gasteiger partial charge in [-0.05, 0) is 37.5 Å². The van der Waals surface area contributed by atoms with Crippen LogP contribution in [-0.4, -0.2) is 20.7 Å². The van der Waals surface area contributed by atoms with E-state index in [1.54, 1.807) is 11.0 Å². The van der Waals surface area contributed by atoms with E-state index in [1.165, 1.54) is 19.2 Å². The second-order valence-electron chi connectivity index (χ2n) is 5.64. The summed E-state index contributed by atoms with van der Waals surface area (Å²) in [5, 5.41) is 7.22. The minimum Gasteiger partial charge on any atom is -0.349 e. The van der Waals surface area contributed by atoms with Crippen molar-refractivity contribution in [2.24, 2.45) is 5.92 Å². The van der Waals surface area contributed by atoms with E-state index in [-0.39, 0.29) is 17.9 Å². The Labute approximate surface area is 124 Å². The highest BCUT2D eigenvalue weighted by atomic mass is 16.1. The Bertz CT molecular complexity index is 585. The smallest absolute Gasteiger partial charge is 0.223 e. The quantitative estimate of drug-likeness (QED) is 0.939. The van der Waals surface area contributed by atoms with E-state index in [1.807, 2.05) is 31.2 Å². The van der Waals surface area contributed by atoms with Gasteiger partial charge in [-0.3, -0.25) is 4.79 Å². The van der Waals surface area contributed by atoms with Crippen LogP contribution in [0.5, 0.6) is 0 Å². The molecule has 0 bridgehead atoms. The maximum Gasteiger partial charge on any atom is 0.223 e. The summed E-state index contributed by atoms with van der Waals surface area (Å²) in [7, 11) is 0. The van der Waals surface area contributed by atoms with Crippen molar-refractivity contribution in [2.45, 2.75) is 38.6 Å². The average Bonchev–Trinajstić information content (AvgIpc) is 3.20. The van der Waals surface area contributed by atoms with Gasteiger partial charge in [-0.2, -0.15) is 5.10 Å². The highest BCUT2D eigenvalue weighted by molar-refractivity contribution is 5.79. The third kappa shape index (κ3) is 3.12. The van der Waals surface area contributed by atoms with Gasteiger partial charge in [0, 0.05) is 5.92 Å². The Hall–Kier alpha value is -2.17. The van der Waals surface area contributed by atoms with Gasteiger partial charge in [0.25, 0.3) is 0 Å². The fourth-order valence-electron chi connectivity index (χ4n) is 2.86. The molecule has 1 aliphatic rings. The standard InChI is InChI=1S/C16H20N4O/c1-12(19-16(21)14-4-2-3-5-14)13-6-8-15(9-7-13)20-11-17-10-18-20/h6-12,14H,2-5H2,1H3,(H,19,21)/t12-/m1/s1. The van der Waals surface area contributed by atoms with Crippen molar-refractivity contribution in [1.29, 1.82) is 0 Å². The lowest BCUT2D eigenvalue weighted by molar-refractivity contribution is -0.125. The van der Waals surface area contributed by atoms with Crippen LogP contribution in [0.1, 0.15) is 44.2 Å². The number of nitrogens with one attached hydrogen (secondary N) is 1. The van der Waals surface area contributed by atoms with Crippen LogP contribution in [0, 0.1) is 5.92 Å². The van der Waals surface area contributed by atoms with Crippen LogP contribution in [0.15, 0.2) is 36.9 Å². The molecule has 0 saturated heterocycles. The lowest BCUT2D eigenvalue weighted by atomic mass is 10.0. The van der Waals surface area contributed by atoms with Gasteiger partial charge in [-0.1, -0.05) is 25.0 Å². The summed E-state index contributed by atoms with van der Waals surface area (Å²) in [5.74, 6) is 0.405. The Kier molecular flexibility index (Phi) is 3.99. The van der Waals surface area contributed by atoms with Crippen molar-refractivity contribution >= 4 is 5.91 Å². The molecule has 1 heterocycles. The molecule has 1 fully saturated rings. The molecule has 3 rings (SSSR count). The Morgan fingerprint density at radius 2 is 2.00 bits per heavy atom. The van der Waals surface area contributed by atoms with Crippen LogP contribution >= 0.6 is 0 Å². The van der Waals surface area contributed by atoms with E-state index in [0.717, 1.165) is 24.1 Å². The fraction of sp³-hybridized carbons (Fsp3) is 0.438. The number of carbonyl (C=O) groups is 1. The number of benzene rings is 1. The van der Waals surface area contributed by atoms with E-state index < -0.39 is 0 Å². The lowest BCUT2D eigenvalue weighted by Crippen LogP contribution is -2.31. The Morgan fingerprint density at radius 1 is 1.29 bits per heavy atom. The predicted octanol–water partition coefficient (Wildman–Crippen LogP) is 2.63. The molecule has 1 N–H and O–H groups in total. The number of amides is 1. The van der Waals surface area contributed by atoms with Gasteiger partial charge in [-0.25, -0.2) is 9.67 Å². The SMILES string of the molecule is C[C@@H](NC(=O)C1CCCC1)c1ccc(-n2cncn2)cc1. The molecule has 1 atom stereocenters. The van der Waals surface area contributed by atoms with E-state index in [2.05, 4.69) is 15.4 Å². The number of aromatic nitrogens is 3. The molecule has 0 radical (unpaired) electrons. The molecule has 0 aliphatic heterocycles. The fourth-order valence-corrected chi connectivity index (χ4v) is 2.86. The minimum atomic E-state index is 0.0305. The largest absolute Gasteiger partial charge is 0.349 e. The average molecular weight is 284 g/mol. The van der Waals surface area contributed by atoms with Crippen LogP contribution in [0.3, 0.4) is 0 Å². The van der Waals surface area contributed by atoms with Crippen LogP contribution in [0.25, 0.3) is 5.69 Å². The van der Waals surface area contributed by atoms with Gasteiger partial charge < -0.3 is 5.32 Å². The van der Waals surface area contributed by atoms with E-state index in [4.69, 9.17) is 0 Å². The Balaban J connectivity index is 1.64. The third-order valence-electron chi connectivity index (χ3n) is 4.16. The highest BCUT2D eigenvalue weighted by Gasteiger charge is 2.23. The Morgan fingerprint density at radius 3 is 2.62 bits per heavy atom. The number of carbonyl (C=O) groups excluding carboxylic acids is 1. The molecule has 0 unspecified atom stereocenters. The number of hydrogen-bond donors (Lipinski definition) is 1. The van der Waals surface area contributed by atoms with E-state index in [9.17, 15) is 4.79 Å². The molecule has 21 heavy (non-hydrogen) atoms. The molecule has 5 nitrogen and oxygen atoms in total. The molecule has 110 valence electrons. The monoisotopic (exact) mass is 284 g/mol. The zero-order chi connectivity index (χ0) is 14.7. The number of hydrogen-bond acceptors (Lipinski definition) is 3. The normalized spacial score (nSPS) is 16.8. The molecule has 1 amide bonds. The van der Waals surface area contributed by atoms with Crippen molar-refractivity contribution in [3.8, 4) is 5.69 Å². The summed E-state index contributed by atoms with van der Waals surface area (Å²) in [6.45, 7) is 2.03. The maximum absolute atomic E-state index is 12.1. The van der Waals surface area contributed by atoms with Crippen molar-refractivity contribution < 1.29 is 4.79 Å². The van der Waals surface area contributed by atoms with E-state index in [0.29, 0.717) is 0 Å². The van der Waals surface area contributed by atoms with Gasteiger partial charge in [0.2, 0.25) is 5.91 Å². The summed E-state index contributed by atoms with van der Waals surface area (Å²) < 4.78 is 1.71. The van der Waals surface area contributed by atoms with Crippen LogP contribution in [0.4, 0.5) is 0 Å². The molecule has 0 spiro atoms. The molecule has 1 aromatic carbocycles. The van der Waals surface area contributed by atoms with E-state index >= 15 is 0 Å². The third-order valence-corrected chi connectivity index (χ3v) is 4.16. The van der Waals surface area contributed by atoms with Gasteiger partial charge in [0.15, 0.2) is 0 Å². The zero-order valence-electron chi connectivity index (χ0n) is 12.2. The summed E-state index contributed by atoms with van der Waals surface area (Å²) >= 11 is 0. The first kappa shape index (κ1) is 13.8. The summed E-state index contributed by atoms with van der Waals surface area (Å²) in [6, 6.07) is 8.06.